The Bertz CT molecular complexity index is 490. The van der Waals surface area contributed by atoms with E-state index in [4.69, 9.17) is 20.9 Å². The summed E-state index contributed by atoms with van der Waals surface area (Å²) in [5.74, 6) is 0.898. The summed E-state index contributed by atoms with van der Waals surface area (Å²) >= 11 is 0. The summed E-state index contributed by atoms with van der Waals surface area (Å²) in [6.07, 6.45) is 1.62. The van der Waals surface area contributed by atoms with Crippen molar-refractivity contribution >= 4 is 5.91 Å². The van der Waals surface area contributed by atoms with E-state index in [-0.39, 0.29) is 6.10 Å². The van der Waals surface area contributed by atoms with Gasteiger partial charge < -0.3 is 20.9 Å². The van der Waals surface area contributed by atoms with Crippen molar-refractivity contribution in [2.45, 2.75) is 37.8 Å². The van der Waals surface area contributed by atoms with Gasteiger partial charge in [0.05, 0.1) is 12.6 Å². The second-order valence-electron chi connectivity index (χ2n) is 5.16. The molecule has 1 fully saturated rings. The van der Waals surface area contributed by atoms with E-state index in [1.165, 1.54) is 0 Å². The van der Waals surface area contributed by atoms with Gasteiger partial charge in [-0.1, -0.05) is 6.07 Å². The van der Waals surface area contributed by atoms with Crippen LogP contribution >= 0.6 is 0 Å². The molecule has 2 atom stereocenters. The van der Waals surface area contributed by atoms with E-state index >= 15 is 0 Å². The molecule has 19 heavy (non-hydrogen) atoms. The van der Waals surface area contributed by atoms with Crippen molar-refractivity contribution in [2.75, 3.05) is 7.11 Å². The largest absolute Gasteiger partial charge is 0.493 e. The Kier molecular flexibility index (Phi) is 3.66. The van der Waals surface area contributed by atoms with E-state index in [0.717, 1.165) is 12.0 Å². The van der Waals surface area contributed by atoms with E-state index in [2.05, 4.69) is 0 Å². The molecule has 0 saturated heterocycles. The van der Waals surface area contributed by atoms with Crippen molar-refractivity contribution in [1.82, 2.24) is 0 Å². The van der Waals surface area contributed by atoms with Gasteiger partial charge in [-0.05, 0) is 37.5 Å². The first-order valence-corrected chi connectivity index (χ1v) is 6.35. The maximum Gasteiger partial charge on any atom is 0.237 e. The zero-order valence-corrected chi connectivity index (χ0v) is 11.3. The number of carbonyl (C=O) groups is 1. The Hall–Kier alpha value is -1.75. The number of methoxy groups -OCH3 is 1. The van der Waals surface area contributed by atoms with Crippen LogP contribution in [0, 0.1) is 6.92 Å². The monoisotopic (exact) mass is 264 g/mol. The van der Waals surface area contributed by atoms with Crippen LogP contribution < -0.4 is 20.9 Å². The Morgan fingerprint density at radius 3 is 2.74 bits per heavy atom. The predicted octanol–water partition coefficient (Wildman–Crippen LogP) is 1.12. The molecule has 0 radical (unpaired) electrons. The number of hydrogen-bond donors (Lipinski definition) is 2. The molecule has 104 valence electrons. The number of ether oxygens (including phenoxy) is 2. The lowest BCUT2D eigenvalue weighted by molar-refractivity contribution is -0.123. The van der Waals surface area contributed by atoms with Gasteiger partial charge in [0, 0.05) is 6.42 Å². The average Bonchev–Trinajstić information content (AvgIpc) is 2.74. The lowest BCUT2D eigenvalue weighted by Gasteiger charge is -2.20. The molecule has 1 aromatic rings. The fraction of sp³-hybridized carbons (Fsp3) is 0.500. The molecule has 1 aromatic carbocycles. The summed E-state index contributed by atoms with van der Waals surface area (Å²) in [6, 6.07) is 5.74. The van der Waals surface area contributed by atoms with Gasteiger partial charge in [-0.3, -0.25) is 4.79 Å². The maximum absolute atomic E-state index is 11.3. The summed E-state index contributed by atoms with van der Waals surface area (Å²) in [6.45, 7) is 1.99. The molecular formula is C14H20N2O3. The molecule has 1 aliphatic rings. The number of nitrogens with two attached hydrogens (primary N) is 2. The van der Waals surface area contributed by atoms with Crippen LogP contribution in [0.15, 0.2) is 18.2 Å². The van der Waals surface area contributed by atoms with Crippen LogP contribution in [0.25, 0.3) is 0 Å². The first-order chi connectivity index (χ1) is 8.94. The van der Waals surface area contributed by atoms with Gasteiger partial charge in [0.1, 0.15) is 6.10 Å². The highest BCUT2D eigenvalue weighted by atomic mass is 16.5. The van der Waals surface area contributed by atoms with Gasteiger partial charge in [0.2, 0.25) is 5.91 Å². The van der Waals surface area contributed by atoms with E-state index in [9.17, 15) is 4.79 Å². The van der Waals surface area contributed by atoms with E-state index in [1.54, 1.807) is 7.11 Å². The summed E-state index contributed by atoms with van der Waals surface area (Å²) in [5, 5.41) is 0. The number of rotatable bonds is 4. The minimum absolute atomic E-state index is 0.103. The van der Waals surface area contributed by atoms with Crippen molar-refractivity contribution in [2.24, 2.45) is 11.5 Å². The third-order valence-corrected chi connectivity index (χ3v) is 3.61. The summed E-state index contributed by atoms with van der Waals surface area (Å²) < 4.78 is 11.2. The second-order valence-corrected chi connectivity index (χ2v) is 5.16. The van der Waals surface area contributed by atoms with Crippen molar-refractivity contribution in [1.29, 1.82) is 0 Å². The summed E-state index contributed by atoms with van der Waals surface area (Å²) in [7, 11) is 1.60. The molecule has 0 spiro atoms. The third kappa shape index (κ3) is 2.81. The van der Waals surface area contributed by atoms with Gasteiger partial charge in [0.25, 0.3) is 0 Å². The molecule has 0 bridgehead atoms. The minimum atomic E-state index is -0.942. The number of carbonyl (C=O) groups excluding carboxylic acids is 1. The highest BCUT2D eigenvalue weighted by Crippen LogP contribution is 2.34. The van der Waals surface area contributed by atoms with Gasteiger partial charge in [-0.15, -0.1) is 0 Å². The zero-order valence-electron chi connectivity index (χ0n) is 11.3. The third-order valence-electron chi connectivity index (χ3n) is 3.61. The van der Waals surface area contributed by atoms with Crippen LogP contribution in [0.5, 0.6) is 11.5 Å². The van der Waals surface area contributed by atoms with E-state index in [0.29, 0.717) is 24.3 Å². The number of aryl methyl sites for hydroxylation is 1. The molecule has 1 aliphatic carbocycles. The van der Waals surface area contributed by atoms with Crippen molar-refractivity contribution in [3.8, 4) is 11.5 Å². The molecule has 0 aliphatic heterocycles. The molecule has 1 amide bonds. The van der Waals surface area contributed by atoms with E-state index in [1.807, 2.05) is 25.1 Å². The lowest BCUT2D eigenvalue weighted by atomic mass is 9.99. The fourth-order valence-corrected chi connectivity index (χ4v) is 2.41. The number of primary amides is 1. The highest BCUT2D eigenvalue weighted by Gasteiger charge is 2.41. The van der Waals surface area contributed by atoms with Gasteiger partial charge in [-0.25, -0.2) is 0 Å². The fourth-order valence-electron chi connectivity index (χ4n) is 2.41. The Morgan fingerprint density at radius 1 is 1.42 bits per heavy atom. The summed E-state index contributed by atoms with van der Waals surface area (Å²) in [5.41, 5.74) is 11.4. The number of benzene rings is 1. The van der Waals surface area contributed by atoms with Crippen molar-refractivity contribution in [3.63, 3.8) is 0 Å². The van der Waals surface area contributed by atoms with Crippen LogP contribution in [0.4, 0.5) is 0 Å². The smallest absolute Gasteiger partial charge is 0.237 e. The highest BCUT2D eigenvalue weighted by molar-refractivity contribution is 5.84. The van der Waals surface area contributed by atoms with Crippen LogP contribution in [-0.4, -0.2) is 24.7 Å². The van der Waals surface area contributed by atoms with Crippen LogP contribution in [0.1, 0.15) is 24.8 Å². The van der Waals surface area contributed by atoms with Crippen LogP contribution in [0.3, 0.4) is 0 Å². The number of amides is 1. The molecule has 5 heteroatoms. The Balaban J connectivity index is 2.09. The number of hydrogen-bond acceptors (Lipinski definition) is 4. The topological polar surface area (TPSA) is 87.6 Å². The first kappa shape index (κ1) is 13.7. The molecule has 5 nitrogen and oxygen atoms in total. The first-order valence-electron chi connectivity index (χ1n) is 6.35. The normalized spacial score (nSPS) is 26.2. The van der Waals surface area contributed by atoms with Gasteiger partial charge in [-0.2, -0.15) is 0 Å². The van der Waals surface area contributed by atoms with Gasteiger partial charge in [0.15, 0.2) is 11.5 Å². The van der Waals surface area contributed by atoms with Gasteiger partial charge >= 0.3 is 0 Å². The minimum Gasteiger partial charge on any atom is -0.493 e. The lowest BCUT2D eigenvalue weighted by Crippen LogP contribution is -2.50. The average molecular weight is 264 g/mol. The molecule has 4 N–H and O–H groups in total. The maximum atomic E-state index is 11.3. The summed E-state index contributed by atoms with van der Waals surface area (Å²) in [4.78, 5) is 11.3. The second kappa shape index (κ2) is 5.09. The van der Waals surface area contributed by atoms with Crippen LogP contribution in [-0.2, 0) is 4.79 Å². The molecular weight excluding hydrogens is 244 g/mol. The SMILES string of the molecule is COc1cc(C)ccc1OC1CCC(N)(C(N)=O)C1. The Morgan fingerprint density at radius 2 is 2.16 bits per heavy atom. The van der Waals surface area contributed by atoms with Crippen LogP contribution in [0.2, 0.25) is 0 Å². The van der Waals surface area contributed by atoms with E-state index < -0.39 is 11.4 Å². The zero-order chi connectivity index (χ0) is 14.0. The predicted molar refractivity (Wildman–Crippen MR) is 72.1 cm³/mol. The molecule has 1 saturated carbocycles. The Labute approximate surface area is 112 Å². The quantitative estimate of drug-likeness (QED) is 0.853. The standard InChI is InChI=1S/C14H20N2O3/c1-9-3-4-11(12(7-9)18-2)19-10-5-6-14(16,8-10)13(15)17/h3-4,7,10H,5-6,8,16H2,1-2H3,(H2,15,17). The molecule has 2 unspecified atom stereocenters. The molecule has 0 heterocycles. The van der Waals surface area contributed by atoms with Crippen molar-refractivity contribution in [3.05, 3.63) is 23.8 Å². The molecule has 0 aromatic heterocycles. The molecule has 2 rings (SSSR count). The van der Waals surface area contributed by atoms with Crippen molar-refractivity contribution < 1.29 is 14.3 Å².